The fraction of sp³-hybridized carbons (Fsp3) is 0.533. The topological polar surface area (TPSA) is 63.2 Å². The summed E-state index contributed by atoms with van der Waals surface area (Å²) in [6.07, 6.45) is 3.77. The number of nitrogens with one attached hydrogen (secondary N) is 1. The minimum Gasteiger partial charge on any atom is -0.349 e. The van der Waals surface area contributed by atoms with Crippen molar-refractivity contribution in [2.45, 2.75) is 50.5 Å². The van der Waals surface area contributed by atoms with E-state index in [1.807, 2.05) is 6.92 Å². The first kappa shape index (κ1) is 16.3. The highest BCUT2D eigenvalue weighted by atomic mass is 35.7. The van der Waals surface area contributed by atoms with Crippen molar-refractivity contribution in [3.8, 4) is 0 Å². The summed E-state index contributed by atoms with van der Waals surface area (Å²) in [6, 6.07) is 4.89. The molecule has 2 atom stereocenters. The normalized spacial score (nSPS) is 21.1. The smallest absolute Gasteiger partial charge is 0.261 e. The van der Waals surface area contributed by atoms with Crippen molar-refractivity contribution in [1.29, 1.82) is 0 Å². The number of aryl methyl sites for hydroxylation is 1. The van der Waals surface area contributed by atoms with Gasteiger partial charge in [-0.25, -0.2) is 8.42 Å². The number of hydrogen-bond donors (Lipinski definition) is 1. The standard InChI is InChI=1S/C15H20ClNO3S/c1-3-5-11-8-13(11)17-15(18)12-7-6-10(4-2)14(9-12)21(16,19)20/h6-7,9,11,13H,3-5,8H2,1-2H3,(H,17,18). The molecule has 1 aromatic carbocycles. The molecule has 2 unspecified atom stereocenters. The summed E-state index contributed by atoms with van der Waals surface area (Å²) in [6.45, 7) is 3.97. The highest BCUT2D eigenvalue weighted by molar-refractivity contribution is 8.13. The minimum atomic E-state index is -3.84. The number of amides is 1. The maximum Gasteiger partial charge on any atom is 0.261 e. The van der Waals surface area contributed by atoms with Gasteiger partial charge in [0, 0.05) is 22.3 Å². The summed E-state index contributed by atoms with van der Waals surface area (Å²) in [4.78, 5) is 12.2. The van der Waals surface area contributed by atoms with Crippen LogP contribution in [0.1, 0.15) is 49.0 Å². The molecule has 1 amide bonds. The fourth-order valence-corrected chi connectivity index (χ4v) is 3.80. The van der Waals surface area contributed by atoms with Gasteiger partial charge >= 0.3 is 0 Å². The minimum absolute atomic E-state index is 0.0280. The van der Waals surface area contributed by atoms with E-state index in [0.717, 1.165) is 19.3 Å². The molecule has 0 spiro atoms. The second-order valence-corrected chi connectivity index (χ2v) is 8.01. The third-order valence-corrected chi connectivity index (χ3v) is 5.28. The number of rotatable bonds is 6. The molecule has 1 N–H and O–H groups in total. The molecule has 6 heteroatoms. The lowest BCUT2D eigenvalue weighted by atomic mass is 10.1. The summed E-state index contributed by atoms with van der Waals surface area (Å²) >= 11 is 0. The van der Waals surface area contributed by atoms with Crippen molar-refractivity contribution in [3.05, 3.63) is 29.3 Å². The van der Waals surface area contributed by atoms with Crippen LogP contribution >= 0.6 is 10.7 Å². The highest BCUT2D eigenvalue weighted by Gasteiger charge is 2.37. The molecular formula is C15H20ClNO3S. The molecule has 1 aliphatic rings. The van der Waals surface area contributed by atoms with E-state index >= 15 is 0 Å². The Balaban J connectivity index is 2.15. The number of carbonyl (C=O) groups is 1. The molecule has 0 saturated heterocycles. The van der Waals surface area contributed by atoms with Gasteiger partial charge in [-0.2, -0.15) is 0 Å². The van der Waals surface area contributed by atoms with E-state index in [0.29, 0.717) is 23.5 Å². The molecule has 116 valence electrons. The van der Waals surface area contributed by atoms with Crippen molar-refractivity contribution in [1.82, 2.24) is 5.32 Å². The van der Waals surface area contributed by atoms with Gasteiger partial charge in [-0.3, -0.25) is 4.79 Å². The lowest BCUT2D eigenvalue weighted by Crippen LogP contribution is -2.27. The molecule has 4 nitrogen and oxygen atoms in total. The summed E-state index contributed by atoms with van der Waals surface area (Å²) < 4.78 is 23.2. The predicted molar refractivity (Wildman–Crippen MR) is 83.1 cm³/mol. The summed E-state index contributed by atoms with van der Waals surface area (Å²) in [5.41, 5.74) is 0.963. The quantitative estimate of drug-likeness (QED) is 0.816. The van der Waals surface area contributed by atoms with Crippen molar-refractivity contribution in [2.24, 2.45) is 5.92 Å². The molecule has 1 aromatic rings. The number of benzene rings is 1. The molecule has 0 radical (unpaired) electrons. The van der Waals surface area contributed by atoms with Gasteiger partial charge in [0.05, 0.1) is 4.90 Å². The first-order valence-corrected chi connectivity index (χ1v) is 9.56. The molecule has 2 rings (SSSR count). The lowest BCUT2D eigenvalue weighted by Gasteiger charge is -2.09. The lowest BCUT2D eigenvalue weighted by molar-refractivity contribution is 0.0948. The van der Waals surface area contributed by atoms with Gasteiger partial charge in [-0.05, 0) is 42.9 Å². The van der Waals surface area contributed by atoms with Gasteiger partial charge in [0.1, 0.15) is 0 Å². The molecule has 1 fully saturated rings. The Morgan fingerprint density at radius 2 is 2.10 bits per heavy atom. The summed E-state index contributed by atoms with van der Waals surface area (Å²) in [7, 11) is 1.60. The third-order valence-electron chi connectivity index (χ3n) is 3.87. The van der Waals surface area contributed by atoms with Gasteiger partial charge in [-0.15, -0.1) is 0 Å². The maximum absolute atomic E-state index is 12.2. The molecule has 0 heterocycles. The molecule has 0 aliphatic heterocycles. The van der Waals surface area contributed by atoms with Crippen LogP contribution in [0.3, 0.4) is 0 Å². The zero-order valence-electron chi connectivity index (χ0n) is 12.2. The number of hydrogen-bond acceptors (Lipinski definition) is 3. The van der Waals surface area contributed by atoms with Gasteiger partial charge < -0.3 is 5.32 Å². The van der Waals surface area contributed by atoms with Crippen LogP contribution in [0.15, 0.2) is 23.1 Å². The predicted octanol–water partition coefficient (Wildman–Crippen LogP) is 3.09. The molecule has 0 bridgehead atoms. The third kappa shape index (κ3) is 3.98. The Hall–Kier alpha value is -1.07. The van der Waals surface area contributed by atoms with Crippen molar-refractivity contribution in [3.63, 3.8) is 0 Å². The number of halogens is 1. The Bertz CT molecular complexity index is 642. The SMILES string of the molecule is CCCC1CC1NC(=O)c1ccc(CC)c(S(=O)(=O)Cl)c1. The highest BCUT2D eigenvalue weighted by Crippen LogP contribution is 2.34. The van der Waals surface area contributed by atoms with E-state index in [4.69, 9.17) is 10.7 Å². The largest absolute Gasteiger partial charge is 0.349 e. The summed E-state index contributed by atoms with van der Waals surface area (Å²) in [5, 5.41) is 2.94. The van der Waals surface area contributed by atoms with Crippen molar-refractivity contribution >= 4 is 25.6 Å². The molecule has 0 aromatic heterocycles. The van der Waals surface area contributed by atoms with E-state index in [2.05, 4.69) is 12.2 Å². The molecule has 1 saturated carbocycles. The van der Waals surface area contributed by atoms with Gasteiger partial charge in [0.2, 0.25) is 0 Å². The zero-order chi connectivity index (χ0) is 15.6. The second-order valence-electron chi connectivity index (χ2n) is 5.48. The Morgan fingerprint density at radius 3 is 2.67 bits per heavy atom. The van der Waals surface area contributed by atoms with Crippen molar-refractivity contribution < 1.29 is 13.2 Å². The van der Waals surface area contributed by atoms with Crippen LogP contribution < -0.4 is 5.32 Å². The zero-order valence-corrected chi connectivity index (χ0v) is 13.8. The van der Waals surface area contributed by atoms with Crippen LogP contribution in [0.5, 0.6) is 0 Å². The van der Waals surface area contributed by atoms with Gasteiger partial charge in [0.15, 0.2) is 0 Å². The van der Waals surface area contributed by atoms with Crippen molar-refractivity contribution in [2.75, 3.05) is 0 Å². The monoisotopic (exact) mass is 329 g/mol. The van der Waals surface area contributed by atoms with E-state index in [1.54, 1.807) is 12.1 Å². The van der Waals surface area contributed by atoms with E-state index in [9.17, 15) is 13.2 Å². The van der Waals surface area contributed by atoms with Crippen LogP contribution in [0.25, 0.3) is 0 Å². The second kappa shape index (κ2) is 6.36. The van der Waals surface area contributed by atoms with E-state index in [1.165, 1.54) is 6.07 Å². The van der Waals surface area contributed by atoms with Gasteiger partial charge in [-0.1, -0.05) is 26.3 Å². The van der Waals surface area contributed by atoms with E-state index < -0.39 is 9.05 Å². The first-order valence-electron chi connectivity index (χ1n) is 7.25. The van der Waals surface area contributed by atoms with Crippen LogP contribution in [0, 0.1) is 5.92 Å². The van der Waals surface area contributed by atoms with Crippen LogP contribution in [0.4, 0.5) is 0 Å². The Kier molecular flexibility index (Phi) is 4.94. The van der Waals surface area contributed by atoms with Crippen LogP contribution in [-0.4, -0.2) is 20.4 Å². The molecule has 1 aliphatic carbocycles. The van der Waals surface area contributed by atoms with Crippen LogP contribution in [0.2, 0.25) is 0 Å². The number of carbonyl (C=O) groups excluding carboxylic acids is 1. The maximum atomic E-state index is 12.2. The average Bonchev–Trinajstić information content (AvgIpc) is 3.15. The fourth-order valence-electron chi connectivity index (χ4n) is 2.58. The molecular weight excluding hydrogens is 310 g/mol. The average molecular weight is 330 g/mol. The van der Waals surface area contributed by atoms with Crippen LogP contribution in [-0.2, 0) is 15.5 Å². The molecule has 21 heavy (non-hydrogen) atoms. The summed E-state index contributed by atoms with van der Waals surface area (Å²) in [5.74, 6) is 0.327. The Morgan fingerprint density at radius 1 is 1.38 bits per heavy atom. The Labute approximate surface area is 130 Å². The first-order chi connectivity index (χ1) is 9.86. The van der Waals surface area contributed by atoms with Gasteiger partial charge in [0.25, 0.3) is 15.0 Å². The van der Waals surface area contributed by atoms with E-state index in [-0.39, 0.29) is 16.8 Å².